The van der Waals surface area contributed by atoms with Gasteiger partial charge in [-0.15, -0.1) is 0 Å². The van der Waals surface area contributed by atoms with Crippen LogP contribution < -0.4 is 10.1 Å². The summed E-state index contributed by atoms with van der Waals surface area (Å²) in [7, 11) is 3.65. The van der Waals surface area contributed by atoms with Gasteiger partial charge in [-0.2, -0.15) is 0 Å². The van der Waals surface area contributed by atoms with Gasteiger partial charge in [0.1, 0.15) is 23.6 Å². The first-order chi connectivity index (χ1) is 25.8. The molecule has 2 saturated heterocycles. The van der Waals surface area contributed by atoms with Crippen LogP contribution in [0, 0.1) is 17.8 Å². The number of cyclic esters (lactones) is 1. The minimum absolute atomic E-state index is 0.117. The summed E-state index contributed by atoms with van der Waals surface area (Å²) in [6.07, 6.45) is -0.894. The van der Waals surface area contributed by atoms with Crippen LogP contribution in [0.3, 0.4) is 0 Å². The number of aliphatic hydroxyl groups excluding tert-OH is 2. The van der Waals surface area contributed by atoms with Crippen LogP contribution in [0.2, 0.25) is 0 Å². The Bertz CT molecular complexity index is 1360. The summed E-state index contributed by atoms with van der Waals surface area (Å²) < 4.78 is 25.9. The summed E-state index contributed by atoms with van der Waals surface area (Å²) in [4.78, 5) is 31.3. The van der Waals surface area contributed by atoms with E-state index in [1.54, 1.807) is 39.6 Å². The first-order valence-corrected chi connectivity index (χ1v) is 20.6. The third-order valence-corrected chi connectivity index (χ3v) is 12.5. The van der Waals surface area contributed by atoms with E-state index in [2.05, 4.69) is 5.32 Å². The van der Waals surface area contributed by atoms with E-state index in [-0.39, 0.29) is 36.9 Å². The van der Waals surface area contributed by atoms with Gasteiger partial charge in [-0.05, 0) is 91.3 Å². The van der Waals surface area contributed by atoms with Crippen LogP contribution >= 0.6 is 0 Å². The molecule has 1 saturated carbocycles. The highest BCUT2D eigenvalue weighted by Crippen LogP contribution is 2.37. The van der Waals surface area contributed by atoms with Gasteiger partial charge in [-0.1, -0.05) is 58.2 Å². The molecule has 4 rings (SSSR count). The van der Waals surface area contributed by atoms with Crippen molar-refractivity contribution >= 4 is 12.0 Å². The summed E-state index contributed by atoms with van der Waals surface area (Å²) in [5, 5.41) is 50.2. The van der Waals surface area contributed by atoms with Crippen LogP contribution in [0.5, 0.6) is 5.75 Å². The zero-order chi connectivity index (χ0) is 40.8. The molecule has 2 aliphatic heterocycles. The molecule has 3 fully saturated rings. The van der Waals surface area contributed by atoms with E-state index in [0.717, 1.165) is 25.7 Å². The van der Waals surface area contributed by atoms with E-state index in [9.17, 15) is 30.0 Å². The molecule has 1 aromatic carbocycles. The number of ether oxygens (including phenoxy) is 4. The number of amides is 2. The second-order valence-electron chi connectivity index (χ2n) is 17.4. The number of urea groups is 1. The smallest absolute Gasteiger partial charge is 0.320 e. The molecule has 0 aromatic heterocycles. The maximum atomic E-state index is 14.1. The van der Waals surface area contributed by atoms with Crippen LogP contribution in [-0.2, 0) is 19.0 Å². The average molecular weight is 778 g/mol. The molecule has 0 bridgehead atoms. The Balaban J connectivity index is 1.72. The van der Waals surface area contributed by atoms with Gasteiger partial charge < -0.3 is 54.5 Å². The maximum absolute atomic E-state index is 14.1. The highest BCUT2D eigenvalue weighted by molar-refractivity contribution is 5.75. The molecule has 55 heavy (non-hydrogen) atoms. The molecule has 1 aromatic rings. The van der Waals surface area contributed by atoms with Crippen LogP contribution in [0.25, 0.3) is 0 Å². The maximum Gasteiger partial charge on any atom is 0.320 e. The van der Waals surface area contributed by atoms with Crippen molar-refractivity contribution in [2.24, 2.45) is 17.8 Å². The first-order valence-electron chi connectivity index (χ1n) is 20.6. The molecule has 2 heterocycles. The van der Waals surface area contributed by atoms with Crippen LogP contribution in [-0.4, -0.2) is 135 Å². The van der Waals surface area contributed by atoms with Crippen molar-refractivity contribution < 1.29 is 49.0 Å². The number of hydrogen-bond donors (Lipinski definition) is 5. The summed E-state index contributed by atoms with van der Waals surface area (Å²) >= 11 is 0. The highest BCUT2D eigenvalue weighted by Gasteiger charge is 2.51. The number of nitrogens with zero attached hydrogens (tertiary/aromatic N) is 2. The van der Waals surface area contributed by atoms with Gasteiger partial charge >= 0.3 is 12.0 Å². The average Bonchev–Trinajstić information content (AvgIpc) is 3.16. The minimum Gasteiger partial charge on any atom is -0.483 e. The lowest BCUT2D eigenvalue weighted by molar-refractivity contribution is -0.294. The summed E-state index contributed by atoms with van der Waals surface area (Å²) in [5.41, 5.74) is -3.36. The predicted molar refractivity (Wildman–Crippen MR) is 209 cm³/mol. The summed E-state index contributed by atoms with van der Waals surface area (Å²) in [6.45, 7) is 14.1. The van der Waals surface area contributed by atoms with Crippen LogP contribution in [0.4, 0.5) is 4.79 Å². The van der Waals surface area contributed by atoms with Crippen molar-refractivity contribution in [1.29, 1.82) is 0 Å². The summed E-state index contributed by atoms with van der Waals surface area (Å²) in [6, 6.07) is 8.23. The molecule has 2 amide bonds. The largest absolute Gasteiger partial charge is 0.483 e. The predicted octanol–water partition coefficient (Wildman–Crippen LogP) is 4.47. The zero-order valence-electron chi connectivity index (χ0n) is 34.9. The number of rotatable bonds is 7. The molecule has 13 nitrogen and oxygen atoms in total. The number of para-hydroxylation sites is 1. The van der Waals surface area contributed by atoms with E-state index in [1.165, 1.54) is 20.3 Å². The van der Waals surface area contributed by atoms with Crippen LogP contribution in [0.15, 0.2) is 30.3 Å². The quantitative estimate of drug-likeness (QED) is 0.248. The molecule has 5 N–H and O–H groups in total. The van der Waals surface area contributed by atoms with Gasteiger partial charge in [0.2, 0.25) is 0 Å². The Morgan fingerprint density at radius 3 is 2.24 bits per heavy atom. The molecule has 13 heteroatoms. The second kappa shape index (κ2) is 19.3. The van der Waals surface area contributed by atoms with Gasteiger partial charge in [-0.25, -0.2) is 4.79 Å². The Hall–Kier alpha value is -2.52. The van der Waals surface area contributed by atoms with Crippen LogP contribution in [0.1, 0.15) is 107 Å². The highest BCUT2D eigenvalue weighted by atomic mass is 16.7. The molecule has 1 aliphatic carbocycles. The number of hydrogen-bond acceptors (Lipinski definition) is 11. The fourth-order valence-electron chi connectivity index (χ4n) is 9.02. The Morgan fingerprint density at radius 2 is 1.62 bits per heavy atom. The van der Waals surface area contributed by atoms with Gasteiger partial charge in [0.05, 0.1) is 35.9 Å². The molecular weight excluding hydrogens is 706 g/mol. The van der Waals surface area contributed by atoms with E-state index in [0.29, 0.717) is 18.7 Å². The number of carbonyl (C=O) groups excluding carboxylic acids is 2. The first kappa shape index (κ1) is 45.2. The van der Waals surface area contributed by atoms with Gasteiger partial charge in [0.15, 0.2) is 12.4 Å². The van der Waals surface area contributed by atoms with E-state index in [4.69, 9.17) is 18.9 Å². The number of carbonyl (C=O) groups is 2. The molecule has 14 atom stereocenters. The van der Waals surface area contributed by atoms with E-state index >= 15 is 0 Å². The van der Waals surface area contributed by atoms with Gasteiger partial charge in [-0.3, -0.25) is 4.79 Å². The number of nitrogens with one attached hydrogen (secondary N) is 1. The third-order valence-electron chi connectivity index (χ3n) is 12.5. The second-order valence-corrected chi connectivity index (χ2v) is 17.4. The number of esters is 1. The topological polar surface area (TPSA) is 170 Å². The van der Waals surface area contributed by atoms with Crippen molar-refractivity contribution in [3.63, 3.8) is 0 Å². The molecule has 0 unspecified atom stereocenters. The number of benzene rings is 1. The fraction of sp³-hybridized carbons (Fsp3) is 0.810. The third kappa shape index (κ3) is 10.9. The normalized spacial score (nSPS) is 40.3. The number of aliphatic hydroxyl groups is 4. The molecule has 0 radical (unpaired) electrons. The van der Waals surface area contributed by atoms with Gasteiger partial charge in [0.25, 0.3) is 0 Å². The van der Waals surface area contributed by atoms with Gasteiger partial charge in [0, 0.05) is 32.1 Å². The molecule has 3 aliphatic rings. The Labute approximate surface area is 329 Å². The molecule has 314 valence electrons. The zero-order valence-corrected chi connectivity index (χ0v) is 34.9. The van der Waals surface area contributed by atoms with E-state index in [1.807, 2.05) is 56.1 Å². The molecule has 0 spiro atoms. The lowest BCUT2D eigenvalue weighted by atomic mass is 9.78. The van der Waals surface area contributed by atoms with E-state index < -0.39 is 77.9 Å². The van der Waals surface area contributed by atoms with Crippen molar-refractivity contribution in [3.8, 4) is 5.75 Å². The monoisotopic (exact) mass is 778 g/mol. The SMILES string of the molecule is CC[C@H]1OC(=O)[C@H](C)[C@@H](O)[C@H](C)[C@@H](O[C@@H]2O[C@H](C)C[C@H](N(C)C(=O)N(C)C3CCCCC3)[C@H]2Oc2ccccc2)[C@](C)(O)C[C@@H](C)CN[C@H](C)[C@@H](O)[C@]1(C)O. The van der Waals surface area contributed by atoms with Crippen molar-refractivity contribution in [2.75, 3.05) is 20.6 Å². The van der Waals surface area contributed by atoms with Crippen molar-refractivity contribution in [2.45, 2.75) is 179 Å². The Morgan fingerprint density at radius 1 is 0.982 bits per heavy atom. The van der Waals surface area contributed by atoms with Crippen molar-refractivity contribution in [1.82, 2.24) is 15.1 Å². The lowest BCUT2D eigenvalue weighted by Crippen LogP contribution is -2.63. The Kier molecular flexibility index (Phi) is 15.8. The summed E-state index contributed by atoms with van der Waals surface area (Å²) in [5.74, 6) is -2.30. The van der Waals surface area contributed by atoms with Crippen molar-refractivity contribution in [3.05, 3.63) is 30.3 Å². The standard InChI is InChI=1S/C42H71N3O10/c1-11-33-42(8,51)36(47)29(6)43-24-25(2)23-41(7,50)37(27(4)34(46)28(5)38(48)54-33)55-39-35(53-31-20-16-13-17-21-31)32(22-26(3)52-39)45(10)40(49)44(9)30-18-14-12-15-19-30/h13,16-17,20-21,25-30,32-37,39,43,46-47,50-51H,11-12,14-15,18-19,22-24H2,1-10H3/t25-,26-,27+,28-,29-,32+,33-,34+,35-,36-,37-,39+,41-,42-/m1/s1. The lowest BCUT2D eigenvalue weighted by Gasteiger charge is -2.48. The molecular formula is C42H71N3O10. The minimum atomic E-state index is -1.78. The fourth-order valence-corrected chi connectivity index (χ4v) is 9.02. The number of likely N-dealkylation sites (N-methyl/N-ethyl adjacent to an activating group) is 1.